The molecular formula is C5H8BFNO2. The van der Waals surface area contributed by atoms with Crippen LogP contribution in [0.1, 0.15) is 0 Å². The van der Waals surface area contributed by atoms with Crippen molar-refractivity contribution in [1.82, 2.24) is 4.81 Å². The summed E-state index contributed by atoms with van der Waals surface area (Å²) in [4.78, 5) is 11.3. The summed E-state index contributed by atoms with van der Waals surface area (Å²) in [5.74, 6) is 0. The van der Waals surface area contributed by atoms with Crippen LogP contribution in [0.2, 0.25) is 0 Å². The molecule has 1 fully saturated rings. The number of carbonyl (C=O) groups excluding carboxylic acids is 1. The highest BCUT2D eigenvalue weighted by molar-refractivity contribution is 6.64. The standard InChI is InChI=1S/C5H8BFNO2/c7-4-1-8(6-3-9)2-5(4)10/h3-5,10H,1-2H2/t4-,5-/m0/s1. The third kappa shape index (κ3) is 1.55. The summed E-state index contributed by atoms with van der Waals surface area (Å²) < 4.78 is 12.5. The third-order valence-corrected chi connectivity index (χ3v) is 1.52. The Kier molecular flexibility index (Phi) is 2.40. The molecule has 1 heterocycles. The highest BCUT2D eigenvalue weighted by Crippen LogP contribution is 2.10. The van der Waals surface area contributed by atoms with Crippen molar-refractivity contribution in [2.24, 2.45) is 0 Å². The van der Waals surface area contributed by atoms with Gasteiger partial charge in [0.25, 0.3) is 7.41 Å². The molecule has 1 aliphatic rings. The fraction of sp³-hybridized carbons (Fsp3) is 0.800. The smallest absolute Gasteiger partial charge is 0.293 e. The predicted octanol–water partition coefficient (Wildman–Crippen LogP) is -1.19. The first kappa shape index (κ1) is 7.69. The summed E-state index contributed by atoms with van der Waals surface area (Å²) in [5.41, 5.74) is 0. The Morgan fingerprint density at radius 3 is 2.80 bits per heavy atom. The Morgan fingerprint density at radius 1 is 1.70 bits per heavy atom. The lowest BCUT2D eigenvalue weighted by Gasteiger charge is -2.06. The van der Waals surface area contributed by atoms with Gasteiger partial charge >= 0.3 is 0 Å². The summed E-state index contributed by atoms with van der Waals surface area (Å²) in [6, 6.07) is 0. The zero-order valence-electron chi connectivity index (χ0n) is 5.40. The molecule has 3 nitrogen and oxygen atoms in total. The van der Waals surface area contributed by atoms with E-state index in [2.05, 4.69) is 0 Å². The number of nitrogens with zero attached hydrogens (tertiary/aromatic N) is 1. The Balaban J connectivity index is 2.33. The van der Waals surface area contributed by atoms with Gasteiger partial charge in [-0.25, -0.2) is 4.39 Å². The van der Waals surface area contributed by atoms with Crippen molar-refractivity contribution >= 4 is 13.6 Å². The van der Waals surface area contributed by atoms with Crippen LogP contribution in [0.5, 0.6) is 0 Å². The van der Waals surface area contributed by atoms with Crippen LogP contribution in [0.25, 0.3) is 0 Å². The minimum Gasteiger partial charge on any atom is -0.389 e. The van der Waals surface area contributed by atoms with E-state index in [0.717, 1.165) is 0 Å². The Bertz CT molecular complexity index is 125. The van der Waals surface area contributed by atoms with E-state index in [0.29, 0.717) is 6.19 Å². The molecule has 10 heavy (non-hydrogen) atoms. The molecule has 5 heteroatoms. The van der Waals surface area contributed by atoms with E-state index in [-0.39, 0.29) is 13.1 Å². The quantitative estimate of drug-likeness (QED) is 0.391. The molecule has 0 aromatic heterocycles. The molecule has 0 unspecified atom stereocenters. The highest BCUT2D eigenvalue weighted by atomic mass is 19.1. The Labute approximate surface area is 59.1 Å². The van der Waals surface area contributed by atoms with Crippen molar-refractivity contribution in [2.45, 2.75) is 12.3 Å². The Morgan fingerprint density at radius 2 is 2.40 bits per heavy atom. The number of carbonyl (C=O) groups is 1. The van der Waals surface area contributed by atoms with Gasteiger partial charge in [0.05, 0.1) is 12.3 Å². The topological polar surface area (TPSA) is 40.5 Å². The number of hydrogen-bond donors (Lipinski definition) is 1. The monoisotopic (exact) mass is 144 g/mol. The minimum absolute atomic E-state index is 0.125. The molecule has 0 amide bonds. The summed E-state index contributed by atoms with van der Waals surface area (Å²) in [6.07, 6.45) is -1.56. The number of alkyl halides is 1. The fourth-order valence-corrected chi connectivity index (χ4v) is 0.983. The van der Waals surface area contributed by atoms with E-state index in [1.165, 1.54) is 12.2 Å². The van der Waals surface area contributed by atoms with Gasteiger partial charge in [0.15, 0.2) is 0 Å². The summed E-state index contributed by atoms with van der Waals surface area (Å²) in [5, 5.41) is 8.84. The van der Waals surface area contributed by atoms with Crippen LogP contribution < -0.4 is 0 Å². The van der Waals surface area contributed by atoms with Gasteiger partial charge in [-0.05, 0) is 0 Å². The highest BCUT2D eigenvalue weighted by Gasteiger charge is 2.30. The predicted molar refractivity (Wildman–Crippen MR) is 35.0 cm³/mol. The lowest BCUT2D eigenvalue weighted by atomic mass is 9.96. The lowest BCUT2D eigenvalue weighted by Crippen LogP contribution is -2.27. The van der Waals surface area contributed by atoms with E-state index in [9.17, 15) is 9.18 Å². The summed E-state index contributed by atoms with van der Waals surface area (Å²) in [7, 11) is 1.24. The number of aliphatic hydroxyl groups excluding tert-OH is 1. The van der Waals surface area contributed by atoms with Crippen molar-refractivity contribution in [1.29, 1.82) is 0 Å². The largest absolute Gasteiger partial charge is 0.389 e. The molecule has 1 rings (SSSR count). The molecule has 0 bridgehead atoms. The molecule has 0 aromatic rings. The lowest BCUT2D eigenvalue weighted by molar-refractivity contribution is 0.117. The van der Waals surface area contributed by atoms with Crippen molar-refractivity contribution in [2.75, 3.05) is 13.1 Å². The van der Waals surface area contributed by atoms with Gasteiger partial charge in [-0.15, -0.1) is 0 Å². The van der Waals surface area contributed by atoms with Crippen LogP contribution in [0.4, 0.5) is 4.39 Å². The van der Waals surface area contributed by atoms with Crippen molar-refractivity contribution in [3.63, 3.8) is 0 Å². The van der Waals surface area contributed by atoms with Crippen LogP contribution in [-0.2, 0) is 4.79 Å². The second kappa shape index (κ2) is 3.12. The van der Waals surface area contributed by atoms with Gasteiger partial charge in [0, 0.05) is 13.1 Å². The SMILES string of the molecule is O=C[B]N1C[C@H](O)[C@@H](F)C1. The molecule has 0 spiro atoms. The first-order valence-electron chi connectivity index (χ1n) is 3.09. The summed E-state index contributed by atoms with van der Waals surface area (Å²) in [6.45, 7) is 0.347. The molecule has 1 saturated heterocycles. The van der Waals surface area contributed by atoms with Crippen LogP contribution in [0.15, 0.2) is 0 Å². The average molecular weight is 144 g/mol. The fourth-order valence-electron chi connectivity index (χ4n) is 0.983. The first-order valence-corrected chi connectivity index (χ1v) is 3.09. The average Bonchev–Trinajstić information content (AvgIpc) is 2.14. The zero-order chi connectivity index (χ0) is 7.56. The Hall–Kier alpha value is -0.415. The number of β-amino-alcohol motifs (C(OH)–C–C–N with tert-alkyl or cyclic N) is 1. The first-order chi connectivity index (χ1) is 4.74. The maximum atomic E-state index is 12.5. The van der Waals surface area contributed by atoms with Gasteiger partial charge in [-0.1, -0.05) is 0 Å². The summed E-state index contributed by atoms with van der Waals surface area (Å²) >= 11 is 0. The van der Waals surface area contributed by atoms with Crippen LogP contribution in [0.3, 0.4) is 0 Å². The molecule has 0 aromatic carbocycles. The van der Waals surface area contributed by atoms with Gasteiger partial charge in [-0.3, -0.25) is 0 Å². The minimum atomic E-state index is -1.21. The molecule has 1 N–H and O–H groups in total. The molecule has 0 aliphatic carbocycles. The zero-order valence-corrected chi connectivity index (χ0v) is 5.40. The molecule has 2 atom stereocenters. The maximum absolute atomic E-state index is 12.5. The second-order valence-corrected chi connectivity index (χ2v) is 2.32. The van der Waals surface area contributed by atoms with E-state index >= 15 is 0 Å². The van der Waals surface area contributed by atoms with Gasteiger partial charge < -0.3 is 14.7 Å². The molecule has 0 saturated carbocycles. The van der Waals surface area contributed by atoms with Gasteiger partial charge in [-0.2, -0.15) is 0 Å². The van der Waals surface area contributed by atoms with Crippen LogP contribution in [0, 0.1) is 0 Å². The number of halogens is 1. The van der Waals surface area contributed by atoms with Crippen molar-refractivity contribution in [3.8, 4) is 0 Å². The van der Waals surface area contributed by atoms with Gasteiger partial charge in [0.2, 0.25) is 0 Å². The van der Waals surface area contributed by atoms with Crippen molar-refractivity contribution in [3.05, 3.63) is 0 Å². The number of rotatable bonds is 2. The molecule has 55 valence electrons. The third-order valence-electron chi connectivity index (χ3n) is 1.52. The van der Waals surface area contributed by atoms with Gasteiger partial charge in [0.1, 0.15) is 6.17 Å². The number of aliphatic hydroxyl groups is 1. The van der Waals surface area contributed by atoms with E-state index in [1.807, 2.05) is 0 Å². The molecular weight excluding hydrogens is 136 g/mol. The number of hydrogen-bond acceptors (Lipinski definition) is 3. The van der Waals surface area contributed by atoms with E-state index in [1.54, 1.807) is 0 Å². The molecule has 1 radical (unpaired) electrons. The van der Waals surface area contributed by atoms with E-state index in [4.69, 9.17) is 5.11 Å². The van der Waals surface area contributed by atoms with Crippen molar-refractivity contribution < 1.29 is 14.3 Å². The molecule has 1 aliphatic heterocycles. The normalized spacial score (nSPS) is 34.2. The van der Waals surface area contributed by atoms with Crippen LogP contribution >= 0.6 is 0 Å². The van der Waals surface area contributed by atoms with E-state index < -0.39 is 12.3 Å². The second-order valence-electron chi connectivity index (χ2n) is 2.32. The van der Waals surface area contributed by atoms with Crippen LogP contribution in [-0.4, -0.2) is 48.9 Å². The maximum Gasteiger partial charge on any atom is 0.293 e.